The third-order valence-corrected chi connectivity index (χ3v) is 7.38. The molecule has 1 aromatic carbocycles. The normalized spacial score (nSPS) is 18.4. The average Bonchev–Trinajstić information content (AvgIpc) is 3.29. The van der Waals surface area contributed by atoms with Gasteiger partial charge in [0.25, 0.3) is 0 Å². The fourth-order valence-corrected chi connectivity index (χ4v) is 5.44. The molecule has 0 radical (unpaired) electrons. The van der Waals surface area contributed by atoms with Crippen LogP contribution in [0, 0.1) is 5.82 Å². The minimum atomic E-state index is -0.186. The van der Waals surface area contributed by atoms with E-state index in [9.17, 15) is 9.18 Å². The minimum absolute atomic E-state index is 0.135. The van der Waals surface area contributed by atoms with Crippen LogP contribution in [-0.4, -0.2) is 71.5 Å². The highest BCUT2D eigenvalue weighted by molar-refractivity contribution is 5.93. The molecule has 6 nitrogen and oxygen atoms in total. The Morgan fingerprint density at radius 2 is 1.88 bits per heavy atom. The van der Waals surface area contributed by atoms with Gasteiger partial charge in [-0.3, -0.25) is 14.6 Å². The van der Waals surface area contributed by atoms with E-state index in [0.29, 0.717) is 19.0 Å². The number of hydrogen-bond donors (Lipinski definition) is 1. The topological polar surface area (TPSA) is 55.5 Å². The summed E-state index contributed by atoms with van der Waals surface area (Å²) in [5.41, 5.74) is 2.22. The zero-order valence-corrected chi connectivity index (χ0v) is 19.8. The van der Waals surface area contributed by atoms with E-state index in [1.54, 1.807) is 12.3 Å². The smallest absolute Gasteiger partial charge is 0.242 e. The molecule has 0 saturated carbocycles. The van der Waals surface area contributed by atoms with Gasteiger partial charge in [0.15, 0.2) is 0 Å². The molecule has 0 spiro atoms. The molecule has 180 valence electrons. The largest absolute Gasteiger partial charge is 0.361 e. The summed E-state index contributed by atoms with van der Waals surface area (Å²) >= 11 is 0. The number of amides is 1. The summed E-state index contributed by atoms with van der Waals surface area (Å²) in [4.78, 5) is 27.6. The fraction of sp³-hybridized carbons (Fsp3) is 0.481. The molecule has 2 aliphatic rings. The molecule has 0 unspecified atom stereocenters. The Hall–Kier alpha value is -2.77. The van der Waals surface area contributed by atoms with E-state index < -0.39 is 0 Å². The summed E-state index contributed by atoms with van der Waals surface area (Å²) in [6, 6.07) is 10.7. The second-order valence-corrected chi connectivity index (χ2v) is 9.62. The summed E-state index contributed by atoms with van der Waals surface area (Å²) in [6.07, 6.45) is 9.49. The van der Waals surface area contributed by atoms with E-state index in [4.69, 9.17) is 0 Å². The number of carbonyl (C=O) groups excluding carboxylic acids is 1. The molecule has 1 amide bonds. The van der Waals surface area contributed by atoms with Gasteiger partial charge < -0.3 is 9.88 Å². The first-order chi connectivity index (χ1) is 16.7. The zero-order chi connectivity index (χ0) is 23.3. The maximum absolute atomic E-state index is 13.8. The number of benzene rings is 1. The van der Waals surface area contributed by atoms with Crippen LogP contribution in [0.3, 0.4) is 0 Å². The lowest BCUT2D eigenvalue weighted by molar-refractivity contribution is -0.120. The summed E-state index contributed by atoms with van der Waals surface area (Å²) in [5.74, 6) is 1.12. The Morgan fingerprint density at radius 1 is 1.06 bits per heavy atom. The van der Waals surface area contributed by atoms with Gasteiger partial charge in [0, 0.05) is 36.4 Å². The number of hydrogen-bond acceptors (Lipinski definition) is 4. The van der Waals surface area contributed by atoms with Crippen LogP contribution >= 0.6 is 0 Å². The molecule has 0 atom stereocenters. The molecule has 2 fully saturated rings. The average molecular weight is 464 g/mol. The van der Waals surface area contributed by atoms with Crippen molar-refractivity contribution in [1.82, 2.24) is 19.8 Å². The van der Waals surface area contributed by atoms with Gasteiger partial charge in [-0.2, -0.15) is 0 Å². The van der Waals surface area contributed by atoms with Gasteiger partial charge in [0.2, 0.25) is 5.91 Å². The Bertz CT molecular complexity index is 1090. The van der Waals surface area contributed by atoms with Crippen LogP contribution in [0.4, 0.5) is 10.2 Å². The molecule has 0 aliphatic carbocycles. The molecule has 2 aromatic heterocycles. The summed E-state index contributed by atoms with van der Waals surface area (Å²) < 4.78 is 13.8. The summed E-state index contributed by atoms with van der Waals surface area (Å²) in [7, 11) is 0. The Morgan fingerprint density at radius 3 is 2.65 bits per heavy atom. The Kier molecular flexibility index (Phi) is 7.21. The molecule has 2 saturated heterocycles. The van der Waals surface area contributed by atoms with E-state index in [1.165, 1.54) is 30.9 Å². The third-order valence-electron chi connectivity index (χ3n) is 7.38. The Labute approximate surface area is 200 Å². The molecule has 1 N–H and O–H groups in total. The lowest BCUT2D eigenvalue weighted by Gasteiger charge is -2.34. The van der Waals surface area contributed by atoms with Gasteiger partial charge in [-0.25, -0.2) is 9.37 Å². The lowest BCUT2D eigenvalue weighted by Crippen LogP contribution is -2.46. The molecule has 34 heavy (non-hydrogen) atoms. The van der Waals surface area contributed by atoms with Crippen molar-refractivity contribution in [2.45, 2.75) is 38.0 Å². The molecule has 4 heterocycles. The SMILES string of the molecule is O=C(CN1CCCCC1)N(CCN1CCC(c2c[nH]c3ccc(F)cc23)CC1)c1ccccn1. The second kappa shape index (κ2) is 10.7. The van der Waals surface area contributed by atoms with E-state index in [2.05, 4.69) is 19.8 Å². The van der Waals surface area contributed by atoms with E-state index in [-0.39, 0.29) is 11.7 Å². The molecular weight excluding hydrogens is 429 g/mol. The lowest BCUT2D eigenvalue weighted by atomic mass is 9.89. The van der Waals surface area contributed by atoms with Crippen LogP contribution in [0.5, 0.6) is 0 Å². The quantitative estimate of drug-likeness (QED) is 0.564. The number of aromatic nitrogens is 2. The van der Waals surface area contributed by atoms with Crippen molar-refractivity contribution in [2.75, 3.05) is 50.7 Å². The van der Waals surface area contributed by atoms with E-state index in [1.807, 2.05) is 35.4 Å². The van der Waals surface area contributed by atoms with Gasteiger partial charge in [0.05, 0.1) is 6.54 Å². The van der Waals surface area contributed by atoms with Gasteiger partial charge in [-0.15, -0.1) is 0 Å². The standard InChI is InChI=1S/C27H34FN5O/c28-22-7-8-25-23(18-22)24(19-30-25)21-9-14-31(15-10-21)16-17-33(26-6-2-3-11-29-26)27(34)20-32-12-4-1-5-13-32/h2-3,6-8,11,18-19,21,30H,1,4-5,9-10,12-17,20H2. The second-order valence-electron chi connectivity index (χ2n) is 9.62. The number of H-pyrrole nitrogens is 1. The monoisotopic (exact) mass is 463 g/mol. The number of rotatable bonds is 7. The molecule has 5 rings (SSSR count). The number of aromatic amines is 1. The van der Waals surface area contributed by atoms with Crippen LogP contribution in [0.2, 0.25) is 0 Å². The molecule has 2 aliphatic heterocycles. The van der Waals surface area contributed by atoms with E-state index >= 15 is 0 Å². The maximum Gasteiger partial charge on any atom is 0.242 e. The van der Waals surface area contributed by atoms with Crippen molar-refractivity contribution in [1.29, 1.82) is 0 Å². The molecular formula is C27H34FN5O. The first-order valence-corrected chi connectivity index (χ1v) is 12.6. The summed E-state index contributed by atoms with van der Waals surface area (Å²) in [5, 5.41) is 1.00. The van der Waals surface area contributed by atoms with Crippen LogP contribution in [0.25, 0.3) is 10.9 Å². The molecule has 7 heteroatoms. The van der Waals surface area contributed by atoms with Crippen molar-refractivity contribution < 1.29 is 9.18 Å². The predicted molar refractivity (Wildman–Crippen MR) is 134 cm³/mol. The zero-order valence-electron chi connectivity index (χ0n) is 19.8. The first kappa shape index (κ1) is 23.0. The number of carbonyl (C=O) groups is 1. The van der Waals surface area contributed by atoms with Crippen LogP contribution in [0.15, 0.2) is 48.8 Å². The minimum Gasteiger partial charge on any atom is -0.361 e. The predicted octanol–water partition coefficient (Wildman–Crippen LogP) is 4.40. The number of piperidine rings is 2. The van der Waals surface area contributed by atoms with Crippen molar-refractivity contribution in [3.05, 3.63) is 60.2 Å². The summed E-state index contributed by atoms with van der Waals surface area (Å²) in [6.45, 7) is 5.91. The number of nitrogens with one attached hydrogen (secondary N) is 1. The number of fused-ring (bicyclic) bond motifs is 1. The van der Waals surface area contributed by atoms with Crippen molar-refractivity contribution in [3.8, 4) is 0 Å². The van der Waals surface area contributed by atoms with Gasteiger partial charge in [-0.1, -0.05) is 12.5 Å². The molecule has 3 aromatic rings. The van der Waals surface area contributed by atoms with Crippen LogP contribution in [-0.2, 0) is 4.79 Å². The van der Waals surface area contributed by atoms with Crippen molar-refractivity contribution >= 4 is 22.6 Å². The Balaban J connectivity index is 1.19. The highest BCUT2D eigenvalue weighted by Crippen LogP contribution is 2.33. The number of anilines is 1. The van der Waals surface area contributed by atoms with Crippen LogP contribution < -0.4 is 4.90 Å². The third kappa shape index (κ3) is 5.31. The van der Waals surface area contributed by atoms with E-state index in [0.717, 1.165) is 62.3 Å². The van der Waals surface area contributed by atoms with Crippen LogP contribution in [0.1, 0.15) is 43.6 Å². The highest BCUT2D eigenvalue weighted by Gasteiger charge is 2.25. The van der Waals surface area contributed by atoms with Gasteiger partial charge in [-0.05, 0) is 93.7 Å². The maximum atomic E-state index is 13.8. The first-order valence-electron chi connectivity index (χ1n) is 12.6. The number of halogens is 1. The van der Waals surface area contributed by atoms with Crippen molar-refractivity contribution in [2.24, 2.45) is 0 Å². The van der Waals surface area contributed by atoms with Gasteiger partial charge >= 0.3 is 0 Å². The fourth-order valence-electron chi connectivity index (χ4n) is 5.44. The highest BCUT2D eigenvalue weighted by atomic mass is 19.1. The number of pyridine rings is 1. The number of likely N-dealkylation sites (tertiary alicyclic amines) is 2. The molecule has 0 bridgehead atoms. The number of nitrogens with zero attached hydrogens (tertiary/aromatic N) is 4. The van der Waals surface area contributed by atoms with Crippen molar-refractivity contribution in [3.63, 3.8) is 0 Å². The van der Waals surface area contributed by atoms with Gasteiger partial charge in [0.1, 0.15) is 11.6 Å².